The Labute approximate surface area is 203 Å². The molecule has 35 heavy (non-hydrogen) atoms. The molecular weight excluding hydrogens is 444 g/mol. The molecule has 1 aromatic carbocycles. The van der Waals surface area contributed by atoms with Crippen molar-refractivity contribution in [2.24, 2.45) is 0 Å². The lowest BCUT2D eigenvalue weighted by Gasteiger charge is -2.32. The Kier molecular flexibility index (Phi) is 6.43. The van der Waals surface area contributed by atoms with Crippen LogP contribution in [-0.2, 0) is 20.9 Å². The van der Waals surface area contributed by atoms with Crippen molar-refractivity contribution in [1.82, 2.24) is 10.3 Å². The normalized spacial score (nSPS) is 17.2. The molecule has 8 heteroatoms. The number of Topliss-reactive ketones (excluding diaryl/α,β-unsaturated/α-hetero) is 1. The van der Waals surface area contributed by atoms with Gasteiger partial charge < -0.3 is 15.1 Å². The van der Waals surface area contributed by atoms with E-state index in [0.29, 0.717) is 36.4 Å². The van der Waals surface area contributed by atoms with E-state index in [1.165, 1.54) is 0 Å². The Morgan fingerprint density at radius 3 is 2.71 bits per heavy atom. The molecule has 8 nitrogen and oxygen atoms in total. The minimum atomic E-state index is -0.701. The molecule has 0 fully saturated rings. The molecule has 2 aromatic heterocycles. The molecule has 1 atom stereocenters. The summed E-state index contributed by atoms with van der Waals surface area (Å²) < 4.78 is 5.74. The van der Waals surface area contributed by atoms with E-state index in [-0.39, 0.29) is 30.4 Å². The van der Waals surface area contributed by atoms with Crippen LogP contribution in [0.4, 0.5) is 11.4 Å². The van der Waals surface area contributed by atoms with E-state index in [9.17, 15) is 14.4 Å². The first kappa shape index (κ1) is 22.6. The summed E-state index contributed by atoms with van der Waals surface area (Å²) >= 11 is 0. The van der Waals surface area contributed by atoms with Crippen LogP contribution in [0.3, 0.4) is 0 Å². The van der Waals surface area contributed by atoms with Crippen LogP contribution in [0.2, 0.25) is 0 Å². The molecule has 1 aliphatic heterocycles. The zero-order chi connectivity index (χ0) is 24.2. The molecule has 0 bridgehead atoms. The molecule has 0 saturated carbocycles. The smallest absolute Gasteiger partial charge is 0.228 e. The number of aromatic nitrogens is 1. The number of allylic oxidation sites excluding steroid dienone is 1. The van der Waals surface area contributed by atoms with Gasteiger partial charge in [-0.15, -0.1) is 0 Å². The van der Waals surface area contributed by atoms with Gasteiger partial charge in [0, 0.05) is 36.7 Å². The zero-order valence-electron chi connectivity index (χ0n) is 19.2. The number of fused-ring (bicyclic) bond motifs is 1. The highest BCUT2D eigenvalue weighted by molar-refractivity contribution is 6.06. The number of nitrogens with one attached hydrogen (secondary N) is 2. The quantitative estimate of drug-likeness (QED) is 0.557. The molecule has 2 aliphatic rings. The van der Waals surface area contributed by atoms with Gasteiger partial charge in [-0.3, -0.25) is 24.3 Å². The number of hydrogen-bond donors (Lipinski definition) is 2. The van der Waals surface area contributed by atoms with Crippen LogP contribution < -0.4 is 15.5 Å². The van der Waals surface area contributed by atoms with Crippen LogP contribution in [0.5, 0.6) is 0 Å². The van der Waals surface area contributed by atoms with Crippen LogP contribution >= 0.6 is 0 Å². The summed E-state index contributed by atoms with van der Waals surface area (Å²) in [6, 6.07) is 15.8. The van der Waals surface area contributed by atoms with Gasteiger partial charge in [0.1, 0.15) is 11.8 Å². The van der Waals surface area contributed by atoms with Gasteiger partial charge in [0.15, 0.2) is 5.78 Å². The number of nitrogens with zero attached hydrogens (tertiary/aromatic N) is 2. The van der Waals surface area contributed by atoms with Gasteiger partial charge in [-0.2, -0.15) is 0 Å². The summed E-state index contributed by atoms with van der Waals surface area (Å²) in [7, 11) is 0. The summed E-state index contributed by atoms with van der Waals surface area (Å²) in [5, 5.41) is 6.22. The fourth-order valence-corrected chi connectivity index (χ4v) is 4.65. The van der Waals surface area contributed by atoms with Crippen LogP contribution in [0.25, 0.3) is 0 Å². The Morgan fingerprint density at radius 2 is 1.91 bits per heavy atom. The van der Waals surface area contributed by atoms with Crippen molar-refractivity contribution >= 4 is 29.0 Å². The fourth-order valence-electron chi connectivity index (χ4n) is 4.65. The zero-order valence-corrected chi connectivity index (χ0v) is 19.2. The molecule has 0 unspecified atom stereocenters. The number of hydrogen-bond acceptors (Lipinski definition) is 6. The highest BCUT2D eigenvalue weighted by Crippen LogP contribution is 2.45. The molecule has 3 heterocycles. The fraction of sp³-hybridized carbons (Fsp3) is 0.259. The molecule has 3 aromatic rings. The van der Waals surface area contributed by atoms with E-state index in [1.54, 1.807) is 29.5 Å². The van der Waals surface area contributed by atoms with E-state index in [4.69, 9.17) is 4.42 Å². The number of rotatable bonds is 6. The second-order valence-electron chi connectivity index (χ2n) is 8.59. The summed E-state index contributed by atoms with van der Waals surface area (Å²) in [6.07, 6.45) is 5.10. The standard InChI is InChI=1S/C27H26N4O4/c32-22-11-5-9-20-26(22)27(23-12-6-16-35-23)31(21-10-2-1-8-19(21)30-20)25(34)14-13-24(33)29-17-18-7-3-4-15-28-18/h1-4,6-8,10,12,15-16,27,30H,5,9,11,13-14,17H2,(H,29,33)/t27-/m0/s1. The van der Waals surface area contributed by atoms with E-state index >= 15 is 0 Å². The van der Waals surface area contributed by atoms with Crippen LogP contribution in [0, 0.1) is 0 Å². The molecule has 0 radical (unpaired) electrons. The van der Waals surface area contributed by atoms with Crippen LogP contribution in [0.1, 0.15) is 49.6 Å². The summed E-state index contributed by atoms with van der Waals surface area (Å²) in [5.74, 6) is 0.00672. The average molecular weight is 471 g/mol. The van der Waals surface area contributed by atoms with Crippen LogP contribution in [-0.4, -0.2) is 22.6 Å². The second-order valence-corrected chi connectivity index (χ2v) is 8.59. The van der Waals surface area contributed by atoms with Crippen molar-refractivity contribution in [3.8, 4) is 0 Å². The van der Waals surface area contributed by atoms with Gasteiger partial charge in [-0.1, -0.05) is 18.2 Å². The number of benzene rings is 1. The van der Waals surface area contributed by atoms with Crippen molar-refractivity contribution in [3.05, 3.63) is 89.8 Å². The predicted octanol–water partition coefficient (Wildman–Crippen LogP) is 4.28. The van der Waals surface area contributed by atoms with Gasteiger partial charge in [0.05, 0.1) is 29.9 Å². The minimum Gasteiger partial charge on any atom is -0.467 e. The maximum absolute atomic E-state index is 13.7. The van der Waals surface area contributed by atoms with Gasteiger partial charge in [-0.25, -0.2) is 0 Å². The number of carbonyl (C=O) groups excluding carboxylic acids is 3. The van der Waals surface area contributed by atoms with E-state index in [1.807, 2.05) is 42.5 Å². The highest BCUT2D eigenvalue weighted by Gasteiger charge is 2.40. The Bertz CT molecular complexity index is 1270. The van der Waals surface area contributed by atoms with Crippen molar-refractivity contribution in [2.75, 3.05) is 10.2 Å². The van der Waals surface area contributed by atoms with E-state index in [2.05, 4.69) is 15.6 Å². The minimum absolute atomic E-state index is 0.00106. The first-order valence-electron chi connectivity index (χ1n) is 11.8. The third kappa shape index (κ3) is 4.73. The Balaban J connectivity index is 1.43. The lowest BCUT2D eigenvalue weighted by Crippen LogP contribution is -2.38. The number of para-hydroxylation sites is 2. The number of ketones is 1. The number of amides is 2. The first-order valence-corrected chi connectivity index (χ1v) is 11.8. The second kappa shape index (κ2) is 9.97. The molecule has 1 aliphatic carbocycles. The molecule has 178 valence electrons. The molecule has 2 amide bonds. The van der Waals surface area contributed by atoms with E-state index in [0.717, 1.165) is 23.5 Å². The van der Waals surface area contributed by atoms with Crippen molar-refractivity contribution < 1.29 is 18.8 Å². The number of pyridine rings is 1. The van der Waals surface area contributed by atoms with Gasteiger partial charge in [-0.05, 0) is 49.2 Å². The summed E-state index contributed by atoms with van der Waals surface area (Å²) in [5.41, 5.74) is 3.51. The Hall–Kier alpha value is -4.20. The third-order valence-electron chi connectivity index (χ3n) is 6.28. The average Bonchev–Trinajstić information content (AvgIpc) is 3.36. The van der Waals surface area contributed by atoms with E-state index < -0.39 is 6.04 Å². The topological polar surface area (TPSA) is 105 Å². The highest BCUT2D eigenvalue weighted by atomic mass is 16.3. The SMILES string of the molecule is O=C(CCC(=O)N1c2ccccc2NC2=C(C(=O)CCC2)[C@@H]1c1ccco1)NCc1ccccn1. The predicted molar refractivity (Wildman–Crippen MR) is 130 cm³/mol. The summed E-state index contributed by atoms with van der Waals surface area (Å²) in [6.45, 7) is 0.296. The molecule has 0 spiro atoms. The van der Waals surface area contributed by atoms with Gasteiger partial charge >= 0.3 is 0 Å². The molecule has 0 saturated heterocycles. The lowest BCUT2D eigenvalue weighted by atomic mass is 9.88. The molecule has 5 rings (SSSR count). The van der Waals surface area contributed by atoms with Gasteiger partial charge in [0.25, 0.3) is 0 Å². The van der Waals surface area contributed by atoms with Crippen molar-refractivity contribution in [2.45, 2.75) is 44.7 Å². The van der Waals surface area contributed by atoms with Crippen molar-refractivity contribution in [1.29, 1.82) is 0 Å². The maximum Gasteiger partial charge on any atom is 0.228 e. The monoisotopic (exact) mass is 470 g/mol. The van der Waals surface area contributed by atoms with Crippen LogP contribution in [0.15, 0.2) is 82.7 Å². The number of carbonyl (C=O) groups is 3. The molecular formula is C27H26N4O4. The number of furan rings is 1. The van der Waals surface area contributed by atoms with Crippen molar-refractivity contribution in [3.63, 3.8) is 0 Å². The Morgan fingerprint density at radius 1 is 1.06 bits per heavy atom. The summed E-state index contributed by atoms with van der Waals surface area (Å²) in [4.78, 5) is 45.2. The first-order chi connectivity index (χ1) is 17.1. The van der Waals surface area contributed by atoms with Gasteiger partial charge in [0.2, 0.25) is 11.8 Å². The maximum atomic E-state index is 13.7. The lowest BCUT2D eigenvalue weighted by molar-refractivity contribution is -0.125. The number of anilines is 2. The largest absolute Gasteiger partial charge is 0.467 e. The molecule has 2 N–H and O–H groups in total. The third-order valence-corrected chi connectivity index (χ3v) is 6.28.